The van der Waals surface area contributed by atoms with E-state index in [4.69, 9.17) is 16.9 Å². The molecule has 0 radical (unpaired) electrons. The van der Waals surface area contributed by atoms with E-state index in [0.29, 0.717) is 22.8 Å². The third-order valence-electron chi connectivity index (χ3n) is 2.82. The number of aromatic nitrogens is 1. The number of hydrogen-bond donors (Lipinski definition) is 0. The first-order chi connectivity index (χ1) is 9.60. The maximum absolute atomic E-state index is 12.2. The van der Waals surface area contributed by atoms with Gasteiger partial charge in [0.15, 0.2) is 0 Å². The van der Waals surface area contributed by atoms with E-state index in [-0.39, 0.29) is 5.91 Å². The predicted molar refractivity (Wildman–Crippen MR) is 76.2 cm³/mol. The van der Waals surface area contributed by atoms with Gasteiger partial charge in [-0.25, -0.2) is 4.98 Å². The number of carbonyl (C=O) groups is 1. The Labute approximate surface area is 122 Å². The van der Waals surface area contributed by atoms with Crippen LogP contribution in [-0.2, 0) is 6.54 Å². The van der Waals surface area contributed by atoms with Crippen LogP contribution in [0.5, 0.6) is 0 Å². The van der Waals surface area contributed by atoms with Gasteiger partial charge in [-0.15, -0.1) is 0 Å². The molecule has 0 atom stereocenters. The summed E-state index contributed by atoms with van der Waals surface area (Å²) in [6, 6.07) is 12.4. The van der Waals surface area contributed by atoms with Crippen LogP contribution in [0.25, 0.3) is 0 Å². The van der Waals surface area contributed by atoms with Crippen LogP contribution in [0.2, 0.25) is 5.15 Å². The van der Waals surface area contributed by atoms with Crippen molar-refractivity contribution < 1.29 is 4.79 Å². The van der Waals surface area contributed by atoms with Crippen LogP contribution in [0, 0.1) is 11.3 Å². The van der Waals surface area contributed by atoms with Gasteiger partial charge >= 0.3 is 0 Å². The van der Waals surface area contributed by atoms with E-state index in [9.17, 15) is 4.79 Å². The largest absolute Gasteiger partial charge is 0.337 e. The lowest BCUT2D eigenvalue weighted by Crippen LogP contribution is -2.26. The van der Waals surface area contributed by atoms with Crippen LogP contribution in [0.4, 0.5) is 0 Å². The fraction of sp³-hybridized carbons (Fsp3) is 0.133. The standard InChI is InChI=1S/C15H12ClN3O/c1-19(10-12-4-2-11(8-17)3-5-12)15(20)13-6-7-14(16)18-9-13/h2-7,9H,10H2,1H3. The monoisotopic (exact) mass is 285 g/mol. The van der Waals surface area contributed by atoms with E-state index in [1.807, 2.05) is 12.1 Å². The van der Waals surface area contributed by atoms with Crippen molar-refractivity contribution in [3.63, 3.8) is 0 Å². The second-order valence-electron chi connectivity index (χ2n) is 4.34. The Morgan fingerprint density at radius 3 is 2.55 bits per heavy atom. The van der Waals surface area contributed by atoms with Crippen LogP contribution in [-0.4, -0.2) is 22.8 Å². The summed E-state index contributed by atoms with van der Waals surface area (Å²) in [6.07, 6.45) is 1.46. The number of pyridine rings is 1. The number of amides is 1. The zero-order valence-corrected chi connectivity index (χ0v) is 11.6. The molecule has 2 aromatic rings. The smallest absolute Gasteiger partial charge is 0.255 e. The van der Waals surface area contributed by atoms with Gasteiger partial charge < -0.3 is 4.90 Å². The molecule has 0 aliphatic heterocycles. The van der Waals surface area contributed by atoms with Crippen molar-refractivity contribution in [3.8, 4) is 6.07 Å². The maximum Gasteiger partial charge on any atom is 0.255 e. The van der Waals surface area contributed by atoms with E-state index < -0.39 is 0 Å². The minimum atomic E-state index is -0.126. The Morgan fingerprint density at radius 2 is 2.00 bits per heavy atom. The Balaban J connectivity index is 2.07. The molecule has 20 heavy (non-hydrogen) atoms. The Hall–Kier alpha value is -2.38. The van der Waals surface area contributed by atoms with Gasteiger partial charge in [0.05, 0.1) is 17.2 Å². The van der Waals surface area contributed by atoms with Crippen molar-refractivity contribution in [2.75, 3.05) is 7.05 Å². The maximum atomic E-state index is 12.2. The molecule has 0 spiro atoms. The summed E-state index contributed by atoms with van der Waals surface area (Å²) in [7, 11) is 1.72. The second kappa shape index (κ2) is 6.18. The Bertz CT molecular complexity index is 644. The van der Waals surface area contributed by atoms with Gasteiger partial charge in [-0.1, -0.05) is 23.7 Å². The zero-order valence-electron chi connectivity index (χ0n) is 10.9. The van der Waals surface area contributed by atoms with Gasteiger partial charge in [0.1, 0.15) is 5.15 Å². The quantitative estimate of drug-likeness (QED) is 0.815. The first-order valence-corrected chi connectivity index (χ1v) is 6.34. The molecule has 0 fully saturated rings. The predicted octanol–water partition coefficient (Wildman–Crippen LogP) is 2.88. The van der Waals surface area contributed by atoms with Crippen LogP contribution in [0.1, 0.15) is 21.5 Å². The molecule has 1 amide bonds. The van der Waals surface area contributed by atoms with Crippen LogP contribution < -0.4 is 0 Å². The number of rotatable bonds is 3. The average Bonchev–Trinajstić information content (AvgIpc) is 2.48. The first-order valence-electron chi connectivity index (χ1n) is 5.96. The molecule has 0 aliphatic rings. The van der Waals surface area contributed by atoms with Crippen molar-refractivity contribution in [2.24, 2.45) is 0 Å². The van der Waals surface area contributed by atoms with Gasteiger partial charge in [-0.2, -0.15) is 5.26 Å². The highest BCUT2D eigenvalue weighted by Gasteiger charge is 2.12. The molecular formula is C15H12ClN3O. The molecule has 0 saturated heterocycles. The average molecular weight is 286 g/mol. The topological polar surface area (TPSA) is 57.0 Å². The van der Waals surface area contributed by atoms with Crippen molar-refractivity contribution in [3.05, 3.63) is 64.4 Å². The highest BCUT2D eigenvalue weighted by Crippen LogP contribution is 2.11. The number of benzene rings is 1. The molecule has 2 rings (SSSR count). The number of carbonyl (C=O) groups excluding carboxylic acids is 1. The molecule has 4 nitrogen and oxygen atoms in total. The van der Waals surface area contributed by atoms with E-state index in [1.165, 1.54) is 6.20 Å². The van der Waals surface area contributed by atoms with E-state index in [2.05, 4.69) is 11.1 Å². The third-order valence-corrected chi connectivity index (χ3v) is 3.05. The van der Waals surface area contributed by atoms with Gasteiger partial charge in [0, 0.05) is 19.8 Å². The molecule has 0 N–H and O–H groups in total. The van der Waals surface area contributed by atoms with Gasteiger partial charge in [0.2, 0.25) is 0 Å². The first kappa shape index (κ1) is 14.0. The molecule has 1 aromatic carbocycles. The summed E-state index contributed by atoms with van der Waals surface area (Å²) in [5.74, 6) is -0.126. The van der Waals surface area contributed by atoms with Crippen LogP contribution >= 0.6 is 11.6 Å². The van der Waals surface area contributed by atoms with E-state index in [0.717, 1.165) is 5.56 Å². The molecule has 0 unspecified atom stereocenters. The number of halogens is 1. The van der Waals surface area contributed by atoms with Gasteiger partial charge in [0.25, 0.3) is 5.91 Å². The van der Waals surface area contributed by atoms with Crippen LogP contribution in [0.3, 0.4) is 0 Å². The molecule has 5 heteroatoms. The zero-order chi connectivity index (χ0) is 14.5. The van der Waals surface area contributed by atoms with Crippen molar-refractivity contribution >= 4 is 17.5 Å². The summed E-state index contributed by atoms with van der Waals surface area (Å²) in [6.45, 7) is 0.465. The summed E-state index contributed by atoms with van der Waals surface area (Å²) < 4.78 is 0. The summed E-state index contributed by atoms with van der Waals surface area (Å²) >= 11 is 5.69. The SMILES string of the molecule is CN(Cc1ccc(C#N)cc1)C(=O)c1ccc(Cl)nc1. The van der Waals surface area contributed by atoms with Crippen molar-refractivity contribution in [2.45, 2.75) is 6.54 Å². The third kappa shape index (κ3) is 3.34. The molecule has 1 aromatic heterocycles. The highest BCUT2D eigenvalue weighted by molar-refractivity contribution is 6.29. The van der Waals surface area contributed by atoms with Crippen molar-refractivity contribution in [1.29, 1.82) is 5.26 Å². The fourth-order valence-corrected chi connectivity index (χ4v) is 1.86. The molecular weight excluding hydrogens is 274 g/mol. The summed E-state index contributed by atoms with van der Waals surface area (Å²) in [4.78, 5) is 17.7. The molecule has 1 heterocycles. The van der Waals surface area contributed by atoms with E-state index >= 15 is 0 Å². The highest BCUT2D eigenvalue weighted by atomic mass is 35.5. The minimum Gasteiger partial charge on any atom is -0.337 e. The molecule has 0 saturated carbocycles. The Kier molecular flexibility index (Phi) is 4.34. The minimum absolute atomic E-state index is 0.126. The Morgan fingerprint density at radius 1 is 1.30 bits per heavy atom. The summed E-state index contributed by atoms with van der Waals surface area (Å²) in [5, 5.41) is 9.10. The normalized spacial score (nSPS) is 9.85. The number of nitrogens with zero attached hydrogens (tertiary/aromatic N) is 3. The lowest BCUT2D eigenvalue weighted by atomic mass is 10.1. The van der Waals surface area contributed by atoms with Gasteiger partial charge in [-0.05, 0) is 29.8 Å². The van der Waals surface area contributed by atoms with Gasteiger partial charge in [-0.3, -0.25) is 4.79 Å². The lowest BCUT2D eigenvalue weighted by molar-refractivity contribution is 0.0784. The molecule has 100 valence electrons. The van der Waals surface area contributed by atoms with Crippen LogP contribution in [0.15, 0.2) is 42.6 Å². The number of hydrogen-bond acceptors (Lipinski definition) is 3. The summed E-state index contributed by atoms with van der Waals surface area (Å²) in [5.41, 5.74) is 2.05. The fourth-order valence-electron chi connectivity index (χ4n) is 1.75. The molecule has 0 aliphatic carbocycles. The molecule has 0 bridgehead atoms. The lowest BCUT2D eigenvalue weighted by Gasteiger charge is -2.17. The van der Waals surface area contributed by atoms with E-state index in [1.54, 1.807) is 36.2 Å². The number of nitriles is 1. The van der Waals surface area contributed by atoms with Crippen molar-refractivity contribution in [1.82, 2.24) is 9.88 Å². The second-order valence-corrected chi connectivity index (χ2v) is 4.73.